The minimum atomic E-state index is -4.15. The molecule has 136 valence electrons. The molecule has 2 aromatic heterocycles. The van der Waals surface area contributed by atoms with E-state index in [0.717, 1.165) is 7.11 Å². The molecular formula is C14H11Cl2N5O4S. The van der Waals surface area contributed by atoms with Crippen molar-refractivity contribution in [2.24, 2.45) is 7.05 Å². The largest absolute Gasteiger partial charge is 0.465 e. The van der Waals surface area contributed by atoms with Crippen LogP contribution in [0.3, 0.4) is 0 Å². The number of carbonyl (C=O) groups is 1. The Morgan fingerprint density at radius 3 is 2.58 bits per heavy atom. The van der Waals surface area contributed by atoms with Gasteiger partial charge in [-0.15, -0.1) is 0 Å². The zero-order valence-electron chi connectivity index (χ0n) is 13.4. The second-order valence-corrected chi connectivity index (χ2v) is 7.39. The Labute approximate surface area is 158 Å². The number of sulfonamides is 1. The molecule has 0 aliphatic rings. The van der Waals surface area contributed by atoms with Crippen LogP contribution < -0.4 is 4.72 Å². The maximum atomic E-state index is 12.8. The van der Waals surface area contributed by atoms with Crippen LogP contribution in [0.5, 0.6) is 0 Å². The van der Waals surface area contributed by atoms with Crippen LogP contribution in [0.1, 0.15) is 10.4 Å². The number of hydrogen-bond acceptors (Lipinski definition) is 7. The molecule has 0 saturated carbocycles. The highest BCUT2D eigenvalue weighted by Gasteiger charge is 2.25. The van der Waals surface area contributed by atoms with Crippen molar-refractivity contribution in [3.63, 3.8) is 0 Å². The van der Waals surface area contributed by atoms with E-state index in [0.29, 0.717) is 5.52 Å². The van der Waals surface area contributed by atoms with Gasteiger partial charge in [-0.3, -0.25) is 0 Å². The van der Waals surface area contributed by atoms with Crippen LogP contribution in [0.4, 0.5) is 5.95 Å². The summed E-state index contributed by atoms with van der Waals surface area (Å²) in [6.07, 6.45) is 0. The van der Waals surface area contributed by atoms with Crippen LogP contribution in [0.15, 0.2) is 29.2 Å². The van der Waals surface area contributed by atoms with Crippen LogP contribution in [0.2, 0.25) is 10.4 Å². The van der Waals surface area contributed by atoms with E-state index in [9.17, 15) is 13.2 Å². The quantitative estimate of drug-likeness (QED) is 0.394. The van der Waals surface area contributed by atoms with Crippen LogP contribution in [-0.2, 0) is 21.8 Å². The fourth-order valence-corrected chi connectivity index (χ4v) is 4.02. The van der Waals surface area contributed by atoms with Gasteiger partial charge in [-0.2, -0.15) is 9.97 Å². The monoisotopic (exact) mass is 415 g/mol. The molecule has 2 heterocycles. The molecule has 0 atom stereocenters. The van der Waals surface area contributed by atoms with Crippen molar-refractivity contribution in [1.29, 1.82) is 0 Å². The number of aryl methyl sites for hydroxylation is 1. The van der Waals surface area contributed by atoms with E-state index in [4.69, 9.17) is 23.2 Å². The third-order valence-corrected chi connectivity index (χ3v) is 5.29. The number of benzene rings is 1. The van der Waals surface area contributed by atoms with Gasteiger partial charge in [0.15, 0.2) is 10.8 Å². The molecule has 0 aliphatic carbocycles. The number of anilines is 1. The Balaban J connectivity index is 2.10. The van der Waals surface area contributed by atoms with Crippen LogP contribution in [0, 0.1) is 0 Å². The first kappa shape index (κ1) is 18.4. The first-order valence-corrected chi connectivity index (χ1v) is 9.24. The Hall–Kier alpha value is -2.43. The summed E-state index contributed by atoms with van der Waals surface area (Å²) in [5.74, 6) is -0.852. The number of rotatable bonds is 4. The molecule has 3 rings (SSSR count). The van der Waals surface area contributed by atoms with E-state index in [-0.39, 0.29) is 32.5 Å². The zero-order chi connectivity index (χ0) is 19.1. The third-order valence-electron chi connectivity index (χ3n) is 3.47. The number of aromatic nitrogens is 4. The van der Waals surface area contributed by atoms with Crippen molar-refractivity contribution in [3.05, 3.63) is 40.3 Å². The van der Waals surface area contributed by atoms with Gasteiger partial charge >= 0.3 is 5.97 Å². The number of hydrogen-bond donors (Lipinski definition) is 1. The first-order chi connectivity index (χ1) is 12.2. The second kappa shape index (κ2) is 6.71. The average molecular weight is 416 g/mol. The lowest BCUT2D eigenvalue weighted by molar-refractivity contribution is 0.0596. The molecular weight excluding hydrogens is 405 g/mol. The molecule has 3 aromatic rings. The van der Waals surface area contributed by atoms with Crippen molar-refractivity contribution in [2.75, 3.05) is 11.8 Å². The normalized spacial score (nSPS) is 11.5. The zero-order valence-corrected chi connectivity index (χ0v) is 15.7. The molecule has 0 radical (unpaired) electrons. The molecule has 0 bridgehead atoms. The van der Waals surface area contributed by atoms with Crippen molar-refractivity contribution in [2.45, 2.75) is 4.90 Å². The summed E-state index contributed by atoms with van der Waals surface area (Å²) in [7, 11) is -1.46. The smallest absolute Gasteiger partial charge is 0.339 e. The van der Waals surface area contributed by atoms with E-state index in [2.05, 4.69) is 24.4 Å². The summed E-state index contributed by atoms with van der Waals surface area (Å²) in [4.78, 5) is 23.4. The highest BCUT2D eigenvalue weighted by molar-refractivity contribution is 7.92. The summed E-state index contributed by atoms with van der Waals surface area (Å²) >= 11 is 11.8. The summed E-state index contributed by atoms with van der Waals surface area (Å²) in [5.41, 5.74) is 0.314. The minimum absolute atomic E-state index is 0.0235. The van der Waals surface area contributed by atoms with Gasteiger partial charge in [0, 0.05) is 7.05 Å². The molecule has 0 unspecified atom stereocenters. The fraction of sp³-hybridized carbons (Fsp3) is 0.143. The molecule has 9 nitrogen and oxygen atoms in total. The Kier molecular flexibility index (Phi) is 4.74. The van der Waals surface area contributed by atoms with E-state index in [1.165, 1.54) is 35.9 Å². The summed E-state index contributed by atoms with van der Waals surface area (Å²) in [6, 6.07) is 5.63. The van der Waals surface area contributed by atoms with Gasteiger partial charge in [-0.1, -0.05) is 23.7 Å². The number of nitrogens with zero attached hydrogens (tertiary/aromatic N) is 4. The molecule has 0 saturated heterocycles. The van der Waals surface area contributed by atoms with E-state index in [1.54, 1.807) is 0 Å². The van der Waals surface area contributed by atoms with E-state index >= 15 is 0 Å². The van der Waals surface area contributed by atoms with Gasteiger partial charge in [0.25, 0.3) is 10.0 Å². The second-order valence-electron chi connectivity index (χ2n) is 5.04. The highest BCUT2D eigenvalue weighted by Crippen LogP contribution is 2.26. The third kappa shape index (κ3) is 3.18. The SMILES string of the molecule is COC(=O)c1ccccc1S(=O)(=O)Nc1nc2nc(Cl)nc(Cl)c2n1C. The lowest BCUT2D eigenvalue weighted by atomic mass is 10.2. The topological polar surface area (TPSA) is 116 Å². The molecule has 1 aromatic carbocycles. The Morgan fingerprint density at radius 2 is 1.88 bits per heavy atom. The molecule has 1 N–H and O–H groups in total. The van der Waals surface area contributed by atoms with Crippen molar-refractivity contribution in [1.82, 2.24) is 19.5 Å². The van der Waals surface area contributed by atoms with Crippen molar-refractivity contribution < 1.29 is 17.9 Å². The average Bonchev–Trinajstić information content (AvgIpc) is 2.89. The number of nitrogens with one attached hydrogen (secondary N) is 1. The number of halogens is 2. The minimum Gasteiger partial charge on any atom is -0.465 e. The predicted molar refractivity (Wildman–Crippen MR) is 94.9 cm³/mol. The standard InChI is InChI=1S/C14H11Cl2N5O4S/c1-21-9-10(15)17-13(16)18-11(9)19-14(21)20-26(23,24)8-6-4-3-5-7(8)12(22)25-2/h3-6H,1-2H3,(H,17,18,19,20). The molecule has 12 heteroatoms. The number of imidazole rings is 1. The predicted octanol–water partition coefficient (Wildman–Crippen LogP) is 2.26. The maximum absolute atomic E-state index is 12.8. The maximum Gasteiger partial charge on any atom is 0.339 e. The lowest BCUT2D eigenvalue weighted by Gasteiger charge is -2.10. The van der Waals surface area contributed by atoms with Gasteiger partial charge in [-0.05, 0) is 23.7 Å². The Bertz CT molecular complexity index is 1130. The van der Waals surface area contributed by atoms with Gasteiger partial charge < -0.3 is 9.30 Å². The fourth-order valence-electron chi connectivity index (χ4n) is 2.29. The number of esters is 1. The molecule has 0 amide bonds. The van der Waals surface area contributed by atoms with E-state index in [1.807, 2.05) is 0 Å². The Morgan fingerprint density at radius 1 is 1.19 bits per heavy atom. The van der Waals surface area contributed by atoms with Gasteiger partial charge in [0.1, 0.15) is 10.4 Å². The first-order valence-electron chi connectivity index (χ1n) is 7.00. The molecule has 0 spiro atoms. The highest BCUT2D eigenvalue weighted by atomic mass is 35.5. The van der Waals surface area contributed by atoms with E-state index < -0.39 is 16.0 Å². The van der Waals surface area contributed by atoms with Crippen LogP contribution in [0.25, 0.3) is 11.2 Å². The van der Waals surface area contributed by atoms with Gasteiger partial charge in [-0.25, -0.2) is 22.9 Å². The van der Waals surface area contributed by atoms with Gasteiger partial charge in [0.05, 0.1) is 12.7 Å². The van der Waals surface area contributed by atoms with Crippen LogP contribution in [-0.4, -0.2) is 41.0 Å². The lowest BCUT2D eigenvalue weighted by Crippen LogP contribution is -2.19. The number of methoxy groups -OCH3 is 1. The molecule has 26 heavy (non-hydrogen) atoms. The van der Waals surface area contributed by atoms with Crippen molar-refractivity contribution in [3.8, 4) is 0 Å². The van der Waals surface area contributed by atoms with Crippen molar-refractivity contribution >= 4 is 56.3 Å². The number of ether oxygens (including phenoxy) is 1. The molecule has 0 aliphatic heterocycles. The van der Waals surface area contributed by atoms with Gasteiger partial charge in [0.2, 0.25) is 11.2 Å². The summed E-state index contributed by atoms with van der Waals surface area (Å²) in [6.45, 7) is 0. The summed E-state index contributed by atoms with van der Waals surface area (Å²) in [5, 5.41) is -0.0959. The number of carbonyl (C=O) groups excluding carboxylic acids is 1. The summed E-state index contributed by atoms with van der Waals surface area (Å²) < 4.78 is 33.8. The number of fused-ring (bicyclic) bond motifs is 1. The van der Waals surface area contributed by atoms with Crippen LogP contribution >= 0.6 is 23.2 Å². The molecule has 0 fully saturated rings.